The number of nitrogens with one attached hydrogen (secondary N) is 1. The van der Waals surface area contributed by atoms with Crippen molar-refractivity contribution in [3.63, 3.8) is 0 Å². The van der Waals surface area contributed by atoms with Crippen LogP contribution in [0.3, 0.4) is 0 Å². The molecule has 1 N–H and O–H groups in total. The molecule has 0 bridgehead atoms. The van der Waals surface area contributed by atoms with Crippen LogP contribution in [0.25, 0.3) is 0 Å². The van der Waals surface area contributed by atoms with E-state index in [2.05, 4.69) is 12.2 Å². The van der Waals surface area contributed by atoms with Crippen molar-refractivity contribution >= 4 is 27.5 Å². The Kier molecular flexibility index (Phi) is 6.88. The second-order valence-corrected chi connectivity index (χ2v) is 8.92. The standard InChI is InChI=1S/C18H27ClN2O3S/c1-4-21(5-2)25(23,24)14-10-11-16(19)15(12-14)18(22)20-17-9-7-6-8-13(17)3/h10-13,17H,4-9H2,1-3H3,(H,20,22)/t13-,17+/m0/s1. The first-order valence-corrected chi connectivity index (χ1v) is 10.7. The minimum Gasteiger partial charge on any atom is -0.349 e. The Hall–Kier alpha value is -1.11. The van der Waals surface area contributed by atoms with Crippen molar-refractivity contribution in [1.82, 2.24) is 9.62 Å². The molecule has 1 fully saturated rings. The van der Waals surface area contributed by atoms with E-state index in [0.717, 1.165) is 19.3 Å². The minimum atomic E-state index is -3.62. The maximum atomic E-state index is 12.7. The van der Waals surface area contributed by atoms with Crippen molar-refractivity contribution < 1.29 is 13.2 Å². The Morgan fingerprint density at radius 2 is 1.88 bits per heavy atom. The monoisotopic (exact) mass is 386 g/mol. The third-order valence-corrected chi connectivity index (χ3v) is 7.33. The molecule has 0 aromatic heterocycles. The Labute approximate surface area is 155 Å². The fourth-order valence-corrected chi connectivity index (χ4v) is 5.02. The van der Waals surface area contributed by atoms with Crippen molar-refractivity contribution in [2.24, 2.45) is 5.92 Å². The first-order valence-electron chi connectivity index (χ1n) is 8.91. The number of sulfonamides is 1. The number of hydrogen-bond acceptors (Lipinski definition) is 3. The van der Waals surface area contributed by atoms with Gasteiger partial charge in [0.1, 0.15) is 0 Å². The lowest BCUT2D eigenvalue weighted by Gasteiger charge is -2.29. The average molecular weight is 387 g/mol. The number of rotatable bonds is 6. The van der Waals surface area contributed by atoms with Gasteiger partial charge in [-0.05, 0) is 37.0 Å². The summed E-state index contributed by atoms with van der Waals surface area (Å²) in [4.78, 5) is 12.8. The molecule has 1 amide bonds. The number of nitrogens with zero attached hydrogens (tertiary/aromatic N) is 1. The molecule has 5 nitrogen and oxygen atoms in total. The maximum absolute atomic E-state index is 12.7. The highest BCUT2D eigenvalue weighted by Gasteiger charge is 2.26. The molecule has 0 aliphatic heterocycles. The Balaban J connectivity index is 2.28. The summed E-state index contributed by atoms with van der Waals surface area (Å²) in [6.07, 6.45) is 4.32. The van der Waals surface area contributed by atoms with Crippen molar-refractivity contribution in [2.75, 3.05) is 13.1 Å². The molecule has 2 rings (SSSR count). The molecule has 0 saturated heterocycles. The van der Waals surface area contributed by atoms with Crippen LogP contribution in [0.1, 0.15) is 56.8 Å². The van der Waals surface area contributed by atoms with E-state index in [9.17, 15) is 13.2 Å². The summed E-state index contributed by atoms with van der Waals surface area (Å²) in [7, 11) is -3.62. The molecule has 140 valence electrons. The smallest absolute Gasteiger partial charge is 0.253 e. The van der Waals surface area contributed by atoms with Gasteiger partial charge in [-0.3, -0.25) is 4.79 Å². The molecular weight excluding hydrogens is 360 g/mol. The van der Waals surface area contributed by atoms with Crippen molar-refractivity contribution in [2.45, 2.75) is 57.4 Å². The summed E-state index contributed by atoms with van der Waals surface area (Å²) in [5.74, 6) is 0.111. The number of carbonyl (C=O) groups is 1. The first kappa shape index (κ1) is 20.2. The van der Waals surface area contributed by atoms with Crippen LogP contribution in [0.4, 0.5) is 0 Å². The van der Waals surface area contributed by atoms with Gasteiger partial charge in [-0.1, -0.05) is 45.2 Å². The highest BCUT2D eigenvalue weighted by molar-refractivity contribution is 7.89. The van der Waals surface area contributed by atoms with Crippen molar-refractivity contribution in [3.05, 3.63) is 28.8 Å². The zero-order chi connectivity index (χ0) is 18.6. The molecule has 1 aromatic carbocycles. The molecule has 0 heterocycles. The van der Waals surface area contributed by atoms with Gasteiger partial charge in [-0.2, -0.15) is 4.31 Å². The van der Waals surface area contributed by atoms with Crippen LogP contribution in [0.5, 0.6) is 0 Å². The van der Waals surface area contributed by atoms with E-state index >= 15 is 0 Å². The van der Waals surface area contributed by atoms with Crippen LogP contribution in [0.2, 0.25) is 5.02 Å². The van der Waals surface area contributed by atoms with E-state index in [-0.39, 0.29) is 27.4 Å². The molecule has 0 radical (unpaired) electrons. The van der Waals surface area contributed by atoms with E-state index in [1.165, 1.54) is 28.9 Å². The topological polar surface area (TPSA) is 66.5 Å². The normalized spacial score (nSPS) is 21.3. The summed E-state index contributed by atoms with van der Waals surface area (Å²) in [6, 6.07) is 4.44. The van der Waals surface area contributed by atoms with Crippen molar-refractivity contribution in [1.29, 1.82) is 0 Å². The zero-order valence-electron chi connectivity index (χ0n) is 15.1. The summed E-state index contributed by atoms with van der Waals surface area (Å²) >= 11 is 6.17. The van der Waals surface area contributed by atoms with Gasteiger partial charge in [0.25, 0.3) is 5.91 Å². The van der Waals surface area contributed by atoms with E-state index in [1.54, 1.807) is 13.8 Å². The van der Waals surface area contributed by atoms with Gasteiger partial charge >= 0.3 is 0 Å². The van der Waals surface area contributed by atoms with Crippen LogP contribution in [-0.4, -0.2) is 37.8 Å². The van der Waals surface area contributed by atoms with E-state index in [1.807, 2.05) is 0 Å². The van der Waals surface area contributed by atoms with Gasteiger partial charge in [0, 0.05) is 19.1 Å². The summed E-state index contributed by atoms with van der Waals surface area (Å²) in [5, 5.41) is 3.29. The second-order valence-electron chi connectivity index (χ2n) is 6.57. The fraction of sp³-hybridized carbons (Fsp3) is 0.611. The molecule has 1 aromatic rings. The fourth-order valence-electron chi connectivity index (χ4n) is 3.33. The lowest BCUT2D eigenvalue weighted by atomic mass is 9.86. The minimum absolute atomic E-state index is 0.0995. The third kappa shape index (κ3) is 4.54. The van der Waals surface area contributed by atoms with Gasteiger partial charge < -0.3 is 5.32 Å². The van der Waals surface area contributed by atoms with Crippen LogP contribution in [-0.2, 0) is 10.0 Å². The first-order chi connectivity index (χ1) is 11.8. The molecule has 1 saturated carbocycles. The van der Waals surface area contributed by atoms with Crippen LogP contribution in [0.15, 0.2) is 23.1 Å². The quantitative estimate of drug-likeness (QED) is 0.810. The highest BCUT2D eigenvalue weighted by Crippen LogP contribution is 2.26. The third-order valence-electron chi connectivity index (χ3n) is 4.95. The number of carbonyl (C=O) groups excluding carboxylic acids is 1. The maximum Gasteiger partial charge on any atom is 0.253 e. The molecule has 2 atom stereocenters. The van der Waals surface area contributed by atoms with Gasteiger partial charge in [-0.15, -0.1) is 0 Å². The largest absolute Gasteiger partial charge is 0.349 e. The zero-order valence-corrected chi connectivity index (χ0v) is 16.7. The number of hydrogen-bond donors (Lipinski definition) is 1. The number of benzene rings is 1. The predicted octanol–water partition coefficient (Wildman–Crippen LogP) is 3.68. The highest BCUT2D eigenvalue weighted by atomic mass is 35.5. The molecule has 25 heavy (non-hydrogen) atoms. The van der Waals surface area contributed by atoms with Crippen molar-refractivity contribution in [3.8, 4) is 0 Å². The van der Waals surface area contributed by atoms with Gasteiger partial charge in [0.2, 0.25) is 10.0 Å². The molecule has 1 aliphatic carbocycles. The van der Waals surface area contributed by atoms with Gasteiger partial charge in [0.15, 0.2) is 0 Å². The van der Waals surface area contributed by atoms with Crippen LogP contribution < -0.4 is 5.32 Å². The van der Waals surface area contributed by atoms with Crippen LogP contribution >= 0.6 is 11.6 Å². The Bertz CT molecular complexity index is 717. The predicted molar refractivity (Wildman–Crippen MR) is 100 cm³/mol. The second kappa shape index (κ2) is 8.52. The lowest BCUT2D eigenvalue weighted by Crippen LogP contribution is -2.41. The molecule has 7 heteroatoms. The van der Waals surface area contributed by atoms with Gasteiger partial charge in [-0.25, -0.2) is 8.42 Å². The molecule has 0 spiro atoms. The molecular formula is C18H27ClN2O3S. The Morgan fingerprint density at radius 3 is 2.48 bits per heavy atom. The molecule has 1 aliphatic rings. The van der Waals surface area contributed by atoms with Crippen LogP contribution in [0, 0.1) is 5.92 Å². The summed E-state index contributed by atoms with van der Waals surface area (Å²) in [5.41, 5.74) is 0.215. The lowest BCUT2D eigenvalue weighted by molar-refractivity contribution is 0.0910. The summed E-state index contributed by atoms with van der Waals surface area (Å²) in [6.45, 7) is 6.46. The summed E-state index contributed by atoms with van der Waals surface area (Å²) < 4.78 is 26.7. The Morgan fingerprint density at radius 1 is 1.24 bits per heavy atom. The van der Waals surface area contributed by atoms with Gasteiger partial charge in [0.05, 0.1) is 15.5 Å². The average Bonchev–Trinajstić information content (AvgIpc) is 2.58. The van der Waals surface area contributed by atoms with E-state index < -0.39 is 10.0 Å². The van der Waals surface area contributed by atoms with E-state index in [0.29, 0.717) is 19.0 Å². The molecule has 0 unspecified atom stereocenters. The number of amides is 1. The SMILES string of the molecule is CCN(CC)S(=O)(=O)c1ccc(Cl)c(C(=O)N[C@@H]2CCCC[C@@H]2C)c1. The number of halogens is 1. The van der Waals surface area contributed by atoms with E-state index in [4.69, 9.17) is 11.6 Å².